The highest BCUT2D eigenvalue weighted by atomic mass is 15.1. The Labute approximate surface area is 350 Å². The number of nitrogens with zero attached hydrogens (tertiary/aromatic N) is 1. The second kappa shape index (κ2) is 13.7. The number of anilines is 3. The van der Waals surface area contributed by atoms with Crippen molar-refractivity contribution in [1.29, 1.82) is 0 Å². The molecule has 11 aromatic rings. The minimum atomic E-state index is -0.456. The normalized spacial score (nSPS) is 12.8. The van der Waals surface area contributed by atoms with Crippen LogP contribution in [-0.2, 0) is 5.41 Å². The van der Waals surface area contributed by atoms with Gasteiger partial charge in [0.2, 0.25) is 0 Å². The zero-order valence-corrected chi connectivity index (χ0v) is 33.0. The van der Waals surface area contributed by atoms with Gasteiger partial charge in [0.25, 0.3) is 0 Å². The van der Waals surface area contributed by atoms with Crippen LogP contribution >= 0.6 is 0 Å². The molecular weight excluding hydrogens is 723 g/mol. The maximum Gasteiger partial charge on any atom is 0.0713 e. The summed E-state index contributed by atoms with van der Waals surface area (Å²) < 4.78 is 0. The molecule has 60 heavy (non-hydrogen) atoms. The summed E-state index contributed by atoms with van der Waals surface area (Å²) in [5.74, 6) is 0. The Kier molecular flexibility index (Phi) is 7.83. The van der Waals surface area contributed by atoms with Gasteiger partial charge >= 0.3 is 0 Å². The third-order valence-corrected chi connectivity index (χ3v) is 12.9. The van der Waals surface area contributed by atoms with Crippen LogP contribution in [0.5, 0.6) is 0 Å². The Bertz CT molecular complexity index is 3360. The third kappa shape index (κ3) is 5.13. The predicted molar refractivity (Wildman–Crippen MR) is 254 cm³/mol. The van der Waals surface area contributed by atoms with Gasteiger partial charge < -0.3 is 4.90 Å². The van der Waals surface area contributed by atoms with Crippen LogP contribution in [0.3, 0.4) is 0 Å². The van der Waals surface area contributed by atoms with Gasteiger partial charge in [-0.1, -0.05) is 188 Å². The highest BCUT2D eigenvalue weighted by Crippen LogP contribution is 2.57. The highest BCUT2D eigenvalue weighted by molar-refractivity contribution is 6.27. The zero-order chi connectivity index (χ0) is 39.6. The minimum absolute atomic E-state index is 0.456. The lowest BCUT2D eigenvalue weighted by Gasteiger charge is -2.34. The van der Waals surface area contributed by atoms with E-state index in [0.717, 1.165) is 17.1 Å². The topological polar surface area (TPSA) is 3.24 Å². The number of fused-ring (bicyclic) bond motifs is 10. The monoisotopic (exact) mass is 761 g/mol. The molecule has 0 N–H and O–H groups in total. The maximum atomic E-state index is 2.53. The Morgan fingerprint density at radius 3 is 1.52 bits per heavy atom. The lowest BCUT2D eigenvalue weighted by molar-refractivity contribution is 0.769. The van der Waals surface area contributed by atoms with Crippen LogP contribution in [-0.4, -0.2) is 0 Å². The molecular formula is C59H39N. The molecule has 0 saturated heterocycles. The second-order valence-corrected chi connectivity index (χ2v) is 16.0. The Morgan fingerprint density at radius 2 is 0.800 bits per heavy atom. The van der Waals surface area contributed by atoms with Gasteiger partial charge in [0.05, 0.1) is 11.1 Å². The van der Waals surface area contributed by atoms with Gasteiger partial charge in [0.15, 0.2) is 0 Å². The Morgan fingerprint density at radius 1 is 0.283 bits per heavy atom. The van der Waals surface area contributed by atoms with Crippen molar-refractivity contribution in [2.75, 3.05) is 4.90 Å². The van der Waals surface area contributed by atoms with Gasteiger partial charge in [-0.05, 0) is 131 Å². The van der Waals surface area contributed by atoms with Crippen LogP contribution in [0.2, 0.25) is 0 Å². The first-order chi connectivity index (χ1) is 29.8. The van der Waals surface area contributed by atoms with Gasteiger partial charge in [-0.2, -0.15) is 0 Å². The lowest BCUT2D eigenvalue weighted by atomic mass is 9.67. The molecule has 1 aliphatic rings. The van der Waals surface area contributed by atoms with Crippen LogP contribution < -0.4 is 4.90 Å². The Hall–Kier alpha value is -7.74. The number of rotatable bonds is 6. The molecule has 11 aromatic carbocycles. The van der Waals surface area contributed by atoms with Crippen LogP contribution in [0, 0.1) is 0 Å². The molecule has 1 nitrogen and oxygen atoms in total. The van der Waals surface area contributed by atoms with Gasteiger partial charge in [0.1, 0.15) is 0 Å². The molecule has 0 unspecified atom stereocenters. The summed E-state index contributed by atoms with van der Waals surface area (Å²) in [6.07, 6.45) is 0. The zero-order valence-electron chi connectivity index (χ0n) is 33.0. The first kappa shape index (κ1) is 34.3. The van der Waals surface area contributed by atoms with Crippen molar-refractivity contribution in [1.82, 2.24) is 0 Å². The van der Waals surface area contributed by atoms with Crippen LogP contribution in [0.25, 0.3) is 65.3 Å². The summed E-state index contributed by atoms with van der Waals surface area (Å²) in [7, 11) is 0. The average molecular weight is 762 g/mol. The molecule has 0 aromatic heterocycles. The van der Waals surface area contributed by atoms with Gasteiger partial charge in [-0.15, -0.1) is 0 Å². The standard InChI is InChI=1S/C59H39N/c1-4-19-43(20-5-1)59(44-21-6-2-7-22-44)56-29-15-14-28-51(56)55-38-53-49-27-13-12-26-48(49)52-37-42(33-36-50(52)54(53)39-57(55)59)40-31-34-46(35-32-40)60(45-23-8-3-9-24-45)58-30-16-18-41-17-10-11-25-47(41)58/h1-39H. The van der Waals surface area contributed by atoms with Crippen molar-refractivity contribution in [2.24, 2.45) is 0 Å². The van der Waals surface area contributed by atoms with E-state index in [0.29, 0.717) is 0 Å². The SMILES string of the molecule is c1ccc(N(c2ccc(-c3ccc4c(c3)c3ccccc3c3cc5c(cc43)C(c3ccccc3)(c3ccccc3)c3ccccc3-5)cc2)c2cccc3ccccc23)cc1. The molecule has 0 bridgehead atoms. The largest absolute Gasteiger partial charge is 0.310 e. The van der Waals surface area contributed by atoms with Gasteiger partial charge in [-0.3, -0.25) is 0 Å². The molecule has 0 amide bonds. The number of hydrogen-bond donors (Lipinski definition) is 0. The van der Waals surface area contributed by atoms with Crippen molar-refractivity contribution >= 4 is 60.2 Å². The lowest BCUT2D eigenvalue weighted by Crippen LogP contribution is -2.28. The van der Waals surface area contributed by atoms with Crippen molar-refractivity contribution in [2.45, 2.75) is 5.41 Å². The molecule has 0 saturated carbocycles. The van der Waals surface area contributed by atoms with Crippen molar-refractivity contribution in [3.8, 4) is 22.3 Å². The summed E-state index contributed by atoms with van der Waals surface area (Å²) in [6.45, 7) is 0. The van der Waals surface area contributed by atoms with Crippen LogP contribution in [0.15, 0.2) is 237 Å². The van der Waals surface area contributed by atoms with E-state index in [2.05, 4.69) is 241 Å². The van der Waals surface area contributed by atoms with E-state index in [4.69, 9.17) is 0 Å². The Balaban J connectivity index is 1.05. The number of para-hydroxylation sites is 1. The fourth-order valence-corrected chi connectivity index (χ4v) is 10.3. The first-order valence-electron chi connectivity index (χ1n) is 20.8. The van der Waals surface area contributed by atoms with E-state index >= 15 is 0 Å². The second-order valence-electron chi connectivity index (χ2n) is 16.0. The predicted octanol–water partition coefficient (Wildman–Crippen LogP) is 15.8. The van der Waals surface area contributed by atoms with E-state index in [1.807, 2.05) is 0 Å². The van der Waals surface area contributed by atoms with E-state index in [-0.39, 0.29) is 0 Å². The smallest absolute Gasteiger partial charge is 0.0713 e. The number of benzene rings is 11. The van der Waals surface area contributed by atoms with E-state index < -0.39 is 5.41 Å². The maximum absolute atomic E-state index is 2.53. The molecule has 0 spiro atoms. The molecule has 12 rings (SSSR count). The summed E-state index contributed by atoms with van der Waals surface area (Å²) in [5.41, 5.74) is 13.2. The highest BCUT2D eigenvalue weighted by Gasteiger charge is 2.46. The summed E-state index contributed by atoms with van der Waals surface area (Å²) in [5, 5.41) is 10.1. The van der Waals surface area contributed by atoms with Crippen molar-refractivity contribution in [3.63, 3.8) is 0 Å². The fraction of sp³-hybridized carbons (Fsp3) is 0.0169. The average Bonchev–Trinajstić information content (AvgIpc) is 3.62. The van der Waals surface area contributed by atoms with Gasteiger partial charge in [-0.25, -0.2) is 0 Å². The van der Waals surface area contributed by atoms with E-state index in [9.17, 15) is 0 Å². The molecule has 0 aliphatic heterocycles. The summed E-state index contributed by atoms with van der Waals surface area (Å²) >= 11 is 0. The fourth-order valence-electron chi connectivity index (χ4n) is 10.3. The molecule has 0 heterocycles. The molecule has 0 fully saturated rings. The number of hydrogen-bond acceptors (Lipinski definition) is 1. The molecule has 0 atom stereocenters. The van der Waals surface area contributed by atoms with E-state index in [1.54, 1.807) is 0 Å². The third-order valence-electron chi connectivity index (χ3n) is 12.9. The summed E-state index contributed by atoms with van der Waals surface area (Å²) in [6, 6.07) is 87.3. The molecule has 1 aliphatic carbocycles. The molecule has 280 valence electrons. The first-order valence-corrected chi connectivity index (χ1v) is 20.8. The van der Waals surface area contributed by atoms with Gasteiger partial charge in [0, 0.05) is 16.8 Å². The van der Waals surface area contributed by atoms with Crippen molar-refractivity contribution < 1.29 is 0 Å². The van der Waals surface area contributed by atoms with Crippen LogP contribution in [0.4, 0.5) is 17.1 Å². The molecule has 0 radical (unpaired) electrons. The van der Waals surface area contributed by atoms with Crippen LogP contribution in [0.1, 0.15) is 22.3 Å². The minimum Gasteiger partial charge on any atom is -0.310 e. The van der Waals surface area contributed by atoms with E-state index in [1.165, 1.54) is 87.6 Å². The summed E-state index contributed by atoms with van der Waals surface area (Å²) in [4.78, 5) is 2.37. The quantitative estimate of drug-likeness (QED) is 0.153. The molecule has 1 heteroatoms. The van der Waals surface area contributed by atoms with Crippen molar-refractivity contribution in [3.05, 3.63) is 259 Å².